The lowest BCUT2D eigenvalue weighted by molar-refractivity contribution is 0.403. The van der Waals surface area contributed by atoms with Crippen molar-refractivity contribution < 1.29 is 0 Å². The van der Waals surface area contributed by atoms with Crippen LogP contribution in [0.1, 0.15) is 25.1 Å². The van der Waals surface area contributed by atoms with Crippen LogP contribution in [0.25, 0.3) is 0 Å². The van der Waals surface area contributed by atoms with Crippen LogP contribution in [0.5, 0.6) is 0 Å². The molecule has 1 aromatic rings. The number of rotatable bonds is 3. The molecule has 0 radical (unpaired) electrons. The summed E-state index contributed by atoms with van der Waals surface area (Å²) in [5.74, 6) is 0.192. The second kappa shape index (κ2) is 3.12. The van der Waals surface area contributed by atoms with Gasteiger partial charge in [0.25, 0.3) is 5.82 Å². The molecule has 1 saturated carbocycles. The molecule has 1 aliphatic carbocycles. The van der Waals surface area contributed by atoms with Crippen molar-refractivity contribution in [3.8, 4) is 12.1 Å². The maximum absolute atomic E-state index is 8.62. The highest BCUT2D eigenvalue weighted by Gasteiger charge is 2.43. The molecule has 0 amide bonds. The molecule has 0 N–H and O–H groups in total. The molecule has 0 aromatic carbocycles. The molecule has 5 nitrogen and oxygen atoms in total. The molecule has 0 bridgehead atoms. The van der Waals surface area contributed by atoms with E-state index in [-0.39, 0.29) is 11.2 Å². The van der Waals surface area contributed by atoms with Crippen LogP contribution in [0.4, 0.5) is 0 Å². The van der Waals surface area contributed by atoms with Gasteiger partial charge in [-0.2, -0.15) is 10.5 Å². The van der Waals surface area contributed by atoms with E-state index in [0.717, 1.165) is 12.8 Å². The van der Waals surface area contributed by atoms with E-state index in [4.69, 9.17) is 10.5 Å². The first kappa shape index (κ1) is 8.71. The first-order valence-corrected chi connectivity index (χ1v) is 4.44. The predicted molar refractivity (Wildman–Crippen MR) is 46.6 cm³/mol. The molecule has 1 aliphatic rings. The van der Waals surface area contributed by atoms with Gasteiger partial charge in [0.1, 0.15) is 12.4 Å². The fourth-order valence-electron chi connectivity index (χ4n) is 1.50. The van der Waals surface area contributed by atoms with Crippen molar-refractivity contribution in [3.05, 3.63) is 12.2 Å². The Kier molecular flexibility index (Phi) is 1.94. The van der Waals surface area contributed by atoms with Gasteiger partial charge < -0.3 is 0 Å². The van der Waals surface area contributed by atoms with Crippen LogP contribution in [0, 0.1) is 28.1 Å². The van der Waals surface area contributed by atoms with Crippen molar-refractivity contribution in [2.75, 3.05) is 0 Å². The summed E-state index contributed by atoms with van der Waals surface area (Å²) in [7, 11) is 0. The quantitative estimate of drug-likeness (QED) is 0.702. The minimum atomic E-state index is 0.106. The fraction of sp³-hybridized carbons (Fsp3) is 0.556. The Morgan fingerprint density at radius 2 is 2.29 bits per heavy atom. The zero-order chi connectivity index (χ0) is 10.0. The van der Waals surface area contributed by atoms with Crippen molar-refractivity contribution in [1.82, 2.24) is 14.8 Å². The van der Waals surface area contributed by atoms with E-state index in [1.165, 1.54) is 0 Å². The average Bonchev–Trinajstić information content (AvgIpc) is 2.78. The smallest absolute Gasteiger partial charge is 0.251 e. The highest BCUT2D eigenvalue weighted by atomic mass is 15.3. The van der Waals surface area contributed by atoms with Gasteiger partial charge in [0, 0.05) is 18.4 Å². The molecule has 70 valence electrons. The highest BCUT2D eigenvalue weighted by molar-refractivity contribution is 5.06. The lowest BCUT2D eigenvalue weighted by Crippen LogP contribution is -2.11. The Balaban J connectivity index is 2.05. The molecule has 0 unspecified atom stereocenters. The van der Waals surface area contributed by atoms with E-state index in [1.807, 2.05) is 6.07 Å². The van der Waals surface area contributed by atoms with Crippen LogP contribution < -0.4 is 0 Å². The van der Waals surface area contributed by atoms with Crippen molar-refractivity contribution in [2.24, 2.45) is 5.41 Å². The Bertz CT molecular complexity index is 415. The minimum absolute atomic E-state index is 0.106. The van der Waals surface area contributed by atoms with E-state index >= 15 is 0 Å². The van der Waals surface area contributed by atoms with Crippen LogP contribution in [-0.4, -0.2) is 14.8 Å². The van der Waals surface area contributed by atoms with Crippen molar-refractivity contribution in [2.45, 2.75) is 25.8 Å². The molecule has 0 atom stereocenters. The van der Waals surface area contributed by atoms with E-state index in [2.05, 4.69) is 16.2 Å². The summed E-state index contributed by atoms with van der Waals surface area (Å²) in [5.41, 5.74) is 0.106. The Hall–Kier alpha value is -1.88. The van der Waals surface area contributed by atoms with Crippen LogP contribution in [-0.2, 0) is 6.54 Å². The zero-order valence-electron chi connectivity index (χ0n) is 7.64. The summed E-state index contributed by atoms with van der Waals surface area (Å²) < 4.78 is 1.66. The lowest BCUT2D eigenvalue weighted by Gasteiger charge is -2.09. The normalized spacial score (nSPS) is 17.0. The van der Waals surface area contributed by atoms with Crippen molar-refractivity contribution in [3.63, 3.8) is 0 Å². The molecular weight excluding hydrogens is 178 g/mol. The molecule has 2 rings (SSSR count). The van der Waals surface area contributed by atoms with E-state index in [1.54, 1.807) is 11.0 Å². The predicted octanol–water partition coefficient (Wildman–Crippen LogP) is 0.844. The van der Waals surface area contributed by atoms with Crippen molar-refractivity contribution in [1.29, 1.82) is 10.5 Å². The largest absolute Gasteiger partial charge is 0.252 e. The molecule has 5 heteroatoms. The molecule has 1 aromatic heterocycles. The van der Waals surface area contributed by atoms with Crippen molar-refractivity contribution >= 4 is 0 Å². The fourth-order valence-corrected chi connectivity index (χ4v) is 1.50. The zero-order valence-corrected chi connectivity index (χ0v) is 7.64. The van der Waals surface area contributed by atoms with Gasteiger partial charge in [-0.25, -0.2) is 4.98 Å². The van der Waals surface area contributed by atoms with Gasteiger partial charge in [-0.3, -0.25) is 4.68 Å². The molecule has 14 heavy (non-hydrogen) atoms. The van der Waals surface area contributed by atoms with Gasteiger partial charge in [0.2, 0.25) is 0 Å². The van der Waals surface area contributed by atoms with E-state index in [9.17, 15) is 0 Å². The van der Waals surface area contributed by atoms with Crippen LogP contribution in [0.3, 0.4) is 0 Å². The molecule has 0 aliphatic heterocycles. The summed E-state index contributed by atoms with van der Waals surface area (Å²) in [6.45, 7) is 0.704. The van der Waals surface area contributed by atoms with E-state index < -0.39 is 0 Å². The topological polar surface area (TPSA) is 78.3 Å². The van der Waals surface area contributed by atoms with Gasteiger partial charge in [-0.05, 0) is 12.8 Å². The first-order valence-electron chi connectivity index (χ1n) is 4.44. The minimum Gasteiger partial charge on any atom is -0.251 e. The first-order chi connectivity index (χ1) is 6.78. The average molecular weight is 187 g/mol. The number of nitrogens with zero attached hydrogens (tertiary/aromatic N) is 5. The van der Waals surface area contributed by atoms with Gasteiger partial charge in [0.15, 0.2) is 0 Å². The van der Waals surface area contributed by atoms with Gasteiger partial charge in [-0.15, -0.1) is 5.10 Å². The third-order valence-electron chi connectivity index (χ3n) is 2.55. The Morgan fingerprint density at radius 3 is 2.79 bits per heavy atom. The number of aromatic nitrogens is 3. The highest BCUT2D eigenvalue weighted by Crippen LogP contribution is 2.49. The molecular formula is C9H9N5. The summed E-state index contributed by atoms with van der Waals surface area (Å²) in [4.78, 5) is 3.81. The maximum Gasteiger partial charge on any atom is 0.252 e. The molecule has 1 fully saturated rings. The summed E-state index contributed by atoms with van der Waals surface area (Å²) in [6.07, 6.45) is 4.26. The number of hydrogen-bond donors (Lipinski definition) is 0. The standard InChI is InChI=1S/C9H9N5/c10-4-3-9(1-2-9)6-14-7-12-8(5-11)13-14/h7H,1-3,6H2. The second-order valence-corrected chi connectivity index (χ2v) is 3.71. The molecule has 0 saturated heterocycles. The van der Waals surface area contributed by atoms with Gasteiger partial charge >= 0.3 is 0 Å². The van der Waals surface area contributed by atoms with Crippen LogP contribution in [0.2, 0.25) is 0 Å². The summed E-state index contributed by atoms with van der Waals surface area (Å²) in [5, 5.41) is 21.1. The van der Waals surface area contributed by atoms with Gasteiger partial charge in [0.05, 0.1) is 6.07 Å². The third-order valence-corrected chi connectivity index (χ3v) is 2.55. The van der Waals surface area contributed by atoms with E-state index in [0.29, 0.717) is 13.0 Å². The third kappa shape index (κ3) is 1.57. The van der Waals surface area contributed by atoms with Crippen LogP contribution >= 0.6 is 0 Å². The Labute approximate surface area is 81.6 Å². The Morgan fingerprint density at radius 1 is 1.50 bits per heavy atom. The molecule has 0 spiro atoms. The molecule has 1 heterocycles. The van der Waals surface area contributed by atoms with Crippen LogP contribution in [0.15, 0.2) is 6.33 Å². The summed E-state index contributed by atoms with van der Waals surface area (Å²) >= 11 is 0. The summed E-state index contributed by atoms with van der Waals surface area (Å²) in [6, 6.07) is 4.06. The monoisotopic (exact) mass is 187 g/mol. The number of nitriles is 2. The lowest BCUT2D eigenvalue weighted by atomic mass is 10.0. The maximum atomic E-state index is 8.62. The SMILES string of the molecule is N#CCC1(Cn2cnc(C#N)n2)CC1. The number of hydrogen-bond acceptors (Lipinski definition) is 4. The second-order valence-electron chi connectivity index (χ2n) is 3.71. The van der Waals surface area contributed by atoms with Gasteiger partial charge in [-0.1, -0.05) is 0 Å².